The maximum absolute atomic E-state index is 13.0. The van der Waals surface area contributed by atoms with Crippen molar-refractivity contribution in [1.82, 2.24) is 9.55 Å². The van der Waals surface area contributed by atoms with Crippen LogP contribution in [0.15, 0.2) is 35.6 Å². The Morgan fingerprint density at radius 2 is 1.68 bits per heavy atom. The third-order valence-corrected chi connectivity index (χ3v) is 3.68. The molecule has 1 aromatic carbocycles. The van der Waals surface area contributed by atoms with E-state index in [1.54, 1.807) is 6.92 Å². The third-order valence-electron chi connectivity index (χ3n) is 2.52. The standard InChI is InChI=1S/C11H11F5N2S/c1-8-3-4-10(18-6-9(2)17-7-18)11(5-8)19(12,13,14,15)16/h3-7H,1-2H3. The summed E-state index contributed by atoms with van der Waals surface area (Å²) in [4.78, 5) is 1.86. The molecule has 106 valence electrons. The highest BCUT2D eigenvalue weighted by Crippen LogP contribution is 3.02. The first-order valence-corrected chi connectivity index (χ1v) is 7.18. The van der Waals surface area contributed by atoms with E-state index in [0.717, 1.165) is 17.0 Å². The molecule has 8 heteroatoms. The van der Waals surface area contributed by atoms with E-state index in [9.17, 15) is 19.4 Å². The van der Waals surface area contributed by atoms with Crippen LogP contribution in [0.1, 0.15) is 11.3 Å². The number of rotatable bonds is 2. The summed E-state index contributed by atoms with van der Waals surface area (Å²) in [7, 11) is -9.75. The molecule has 0 aliphatic carbocycles. The molecule has 0 amide bonds. The van der Waals surface area contributed by atoms with Gasteiger partial charge in [-0.15, -0.1) is 0 Å². The molecular weight excluding hydrogens is 287 g/mol. The maximum Gasteiger partial charge on any atom is 0.312 e. The van der Waals surface area contributed by atoms with Gasteiger partial charge in [0.2, 0.25) is 0 Å². The number of benzene rings is 1. The Morgan fingerprint density at radius 3 is 2.16 bits per heavy atom. The highest BCUT2D eigenvalue weighted by Gasteiger charge is 2.66. The summed E-state index contributed by atoms with van der Waals surface area (Å²) in [5.74, 6) is 0. The Bertz CT molecular complexity index is 645. The zero-order valence-corrected chi connectivity index (χ0v) is 10.9. The van der Waals surface area contributed by atoms with Crippen molar-refractivity contribution in [2.24, 2.45) is 0 Å². The lowest BCUT2D eigenvalue weighted by atomic mass is 10.2. The highest BCUT2D eigenvalue weighted by molar-refractivity contribution is 8.45. The molecule has 2 rings (SSSR count). The molecule has 2 aromatic rings. The average molecular weight is 298 g/mol. The van der Waals surface area contributed by atoms with E-state index < -0.39 is 20.8 Å². The molecule has 0 unspecified atom stereocenters. The molecule has 0 saturated carbocycles. The van der Waals surface area contributed by atoms with Gasteiger partial charge >= 0.3 is 10.2 Å². The molecule has 0 aliphatic rings. The molecule has 0 N–H and O–H groups in total. The van der Waals surface area contributed by atoms with Crippen LogP contribution in [-0.4, -0.2) is 9.55 Å². The summed E-state index contributed by atoms with van der Waals surface area (Å²) in [6.07, 6.45) is 2.34. The molecule has 0 aliphatic heterocycles. The summed E-state index contributed by atoms with van der Waals surface area (Å²) >= 11 is 0. The van der Waals surface area contributed by atoms with Crippen molar-refractivity contribution in [1.29, 1.82) is 0 Å². The van der Waals surface area contributed by atoms with Gasteiger partial charge in [-0.2, -0.15) is 0 Å². The van der Waals surface area contributed by atoms with Gasteiger partial charge in [-0.1, -0.05) is 25.5 Å². The van der Waals surface area contributed by atoms with Crippen molar-refractivity contribution in [3.05, 3.63) is 42.0 Å². The summed E-state index contributed by atoms with van der Waals surface area (Å²) < 4.78 is 66.2. The van der Waals surface area contributed by atoms with Crippen LogP contribution in [0.5, 0.6) is 0 Å². The van der Waals surface area contributed by atoms with E-state index in [2.05, 4.69) is 4.98 Å². The molecule has 0 bridgehead atoms. The smallest absolute Gasteiger partial charge is 0.305 e. The first-order chi connectivity index (χ1) is 8.36. The van der Waals surface area contributed by atoms with Crippen LogP contribution < -0.4 is 0 Å². The molecule has 1 heterocycles. The van der Waals surface area contributed by atoms with Crippen LogP contribution >= 0.6 is 10.2 Å². The van der Waals surface area contributed by atoms with Crippen molar-refractivity contribution in [2.45, 2.75) is 18.7 Å². The van der Waals surface area contributed by atoms with E-state index in [4.69, 9.17) is 0 Å². The number of halogens is 5. The van der Waals surface area contributed by atoms with Gasteiger partial charge in [0.05, 0.1) is 17.7 Å². The summed E-state index contributed by atoms with van der Waals surface area (Å²) in [5.41, 5.74) is -0.0668. The quantitative estimate of drug-likeness (QED) is 0.701. The minimum atomic E-state index is -9.75. The van der Waals surface area contributed by atoms with Crippen LogP contribution in [0.3, 0.4) is 0 Å². The minimum Gasteiger partial charge on any atom is -0.305 e. The fraction of sp³-hybridized carbons (Fsp3) is 0.182. The average Bonchev–Trinajstić information content (AvgIpc) is 2.61. The Labute approximate surface area is 106 Å². The van der Waals surface area contributed by atoms with Crippen LogP contribution in [0.25, 0.3) is 5.69 Å². The van der Waals surface area contributed by atoms with Gasteiger partial charge in [0.15, 0.2) is 0 Å². The van der Waals surface area contributed by atoms with Crippen molar-refractivity contribution in [2.75, 3.05) is 0 Å². The van der Waals surface area contributed by atoms with Gasteiger partial charge < -0.3 is 4.57 Å². The second kappa shape index (κ2) is 3.30. The Morgan fingerprint density at radius 1 is 1.05 bits per heavy atom. The van der Waals surface area contributed by atoms with Crippen LogP contribution in [-0.2, 0) is 0 Å². The van der Waals surface area contributed by atoms with Crippen LogP contribution in [0.4, 0.5) is 19.4 Å². The highest BCUT2D eigenvalue weighted by atomic mass is 32.5. The second-order valence-electron chi connectivity index (χ2n) is 4.36. The normalized spacial score (nSPS) is 15.9. The van der Waals surface area contributed by atoms with Gasteiger partial charge in [0.25, 0.3) is 0 Å². The number of hydrogen-bond donors (Lipinski definition) is 0. The monoisotopic (exact) mass is 298 g/mol. The lowest BCUT2D eigenvalue weighted by molar-refractivity contribution is 0.363. The molecule has 0 radical (unpaired) electrons. The van der Waals surface area contributed by atoms with Gasteiger partial charge in [-0.3, -0.25) is 0 Å². The van der Waals surface area contributed by atoms with Crippen LogP contribution in [0, 0.1) is 13.8 Å². The van der Waals surface area contributed by atoms with Crippen molar-refractivity contribution in [3.8, 4) is 5.69 Å². The van der Waals surface area contributed by atoms with Crippen molar-refractivity contribution >= 4 is 10.2 Å². The molecule has 2 nitrogen and oxygen atoms in total. The van der Waals surface area contributed by atoms with E-state index in [1.807, 2.05) is 0 Å². The van der Waals surface area contributed by atoms with E-state index >= 15 is 0 Å². The zero-order chi connectivity index (χ0) is 14.5. The SMILES string of the molecule is Cc1ccc(-n2cnc(C)c2)c(S(F)(F)(F)(F)F)c1. The first kappa shape index (κ1) is 13.9. The van der Waals surface area contributed by atoms with E-state index in [-0.39, 0.29) is 5.56 Å². The summed E-state index contributed by atoms with van der Waals surface area (Å²) in [5, 5.41) is 0. The predicted molar refractivity (Wildman–Crippen MR) is 64.4 cm³/mol. The molecule has 0 atom stereocenters. The number of aromatic nitrogens is 2. The van der Waals surface area contributed by atoms with Crippen molar-refractivity contribution < 1.29 is 19.4 Å². The number of hydrogen-bond acceptors (Lipinski definition) is 1. The first-order valence-electron chi connectivity index (χ1n) is 5.22. The number of aryl methyl sites for hydroxylation is 2. The Hall–Kier alpha value is -1.57. The molecule has 0 spiro atoms. The zero-order valence-electron chi connectivity index (χ0n) is 10.1. The topological polar surface area (TPSA) is 17.8 Å². The summed E-state index contributed by atoms with van der Waals surface area (Å²) in [6, 6.07) is 2.83. The number of nitrogens with zero attached hydrogens (tertiary/aromatic N) is 2. The van der Waals surface area contributed by atoms with E-state index in [0.29, 0.717) is 11.8 Å². The third kappa shape index (κ3) is 2.89. The molecule has 19 heavy (non-hydrogen) atoms. The lowest BCUT2D eigenvalue weighted by Crippen LogP contribution is -2.10. The maximum atomic E-state index is 13.0. The van der Waals surface area contributed by atoms with Gasteiger partial charge in [-0.05, 0) is 31.5 Å². The van der Waals surface area contributed by atoms with Gasteiger partial charge in [0, 0.05) is 6.20 Å². The van der Waals surface area contributed by atoms with E-state index in [1.165, 1.54) is 19.2 Å². The lowest BCUT2D eigenvalue weighted by Gasteiger charge is -2.41. The fourth-order valence-corrected chi connectivity index (χ4v) is 2.67. The van der Waals surface area contributed by atoms with Crippen molar-refractivity contribution in [3.63, 3.8) is 0 Å². The summed E-state index contributed by atoms with van der Waals surface area (Å²) in [6.45, 7) is 2.89. The molecule has 1 aromatic heterocycles. The number of imidazole rings is 1. The van der Waals surface area contributed by atoms with Gasteiger partial charge in [-0.25, -0.2) is 4.98 Å². The largest absolute Gasteiger partial charge is 0.312 e. The van der Waals surface area contributed by atoms with Gasteiger partial charge in [0.1, 0.15) is 4.90 Å². The fourth-order valence-electron chi connectivity index (χ4n) is 1.70. The second-order valence-corrected chi connectivity index (χ2v) is 6.74. The molecule has 0 saturated heterocycles. The predicted octanol–water partition coefficient (Wildman–Crippen LogP) is 5.15. The minimum absolute atomic E-state index is 0.115. The Kier molecular flexibility index (Phi) is 2.41. The Balaban J connectivity index is 2.79. The molecular formula is C11H11F5N2S. The van der Waals surface area contributed by atoms with Crippen LogP contribution in [0.2, 0.25) is 0 Å². The molecule has 0 fully saturated rings.